The van der Waals surface area contributed by atoms with E-state index in [2.05, 4.69) is 19.8 Å². The monoisotopic (exact) mass is 487 g/mol. The van der Waals surface area contributed by atoms with Crippen molar-refractivity contribution in [3.8, 4) is 5.88 Å². The fourth-order valence-corrected chi connectivity index (χ4v) is 3.79. The third-order valence-electron chi connectivity index (χ3n) is 4.24. The van der Waals surface area contributed by atoms with Crippen LogP contribution >= 0.6 is 11.3 Å². The Morgan fingerprint density at radius 3 is 2.50 bits per heavy atom. The highest BCUT2D eigenvalue weighted by atomic mass is 32.1. The van der Waals surface area contributed by atoms with Crippen LogP contribution in [0.3, 0.4) is 0 Å². The number of pyridine rings is 1. The lowest BCUT2D eigenvalue weighted by molar-refractivity contribution is -0.326. The van der Waals surface area contributed by atoms with Crippen molar-refractivity contribution < 1.29 is 50.1 Å². The van der Waals surface area contributed by atoms with Gasteiger partial charge in [-0.25, -0.2) is 9.78 Å². The standard InChI is InChI=1S/C17H15F6N3O5S/c1-24-14(27)9-7-32-13-10(16(18,19)20)4-11(25-12(9)13)31-8-5-26(6-8)15(28)29-2-3-30-17(21,22)23/h4,7-8H,2-3,5-6H2,1H3,(H,24,27). The molecule has 3 heterocycles. The van der Waals surface area contributed by atoms with Gasteiger partial charge in [-0.05, 0) is 0 Å². The van der Waals surface area contributed by atoms with Crippen LogP contribution in [0.15, 0.2) is 11.4 Å². The van der Waals surface area contributed by atoms with E-state index in [-0.39, 0.29) is 34.7 Å². The van der Waals surface area contributed by atoms with Crippen LogP contribution < -0.4 is 10.1 Å². The molecule has 3 rings (SSSR count). The summed E-state index contributed by atoms with van der Waals surface area (Å²) in [5, 5.41) is 3.59. The van der Waals surface area contributed by atoms with Gasteiger partial charge in [0, 0.05) is 18.5 Å². The first-order valence-corrected chi connectivity index (χ1v) is 9.77. The second-order valence-corrected chi connectivity index (χ2v) is 7.35. The molecule has 1 aliphatic rings. The molecule has 0 spiro atoms. The van der Waals surface area contributed by atoms with Crippen LogP contribution in [0.25, 0.3) is 10.2 Å². The van der Waals surface area contributed by atoms with E-state index in [0.717, 1.165) is 16.2 Å². The lowest BCUT2D eigenvalue weighted by atomic mass is 10.1. The van der Waals surface area contributed by atoms with Crippen LogP contribution in [0.1, 0.15) is 15.9 Å². The summed E-state index contributed by atoms with van der Waals surface area (Å²) in [6, 6.07) is 0.710. The Bertz CT molecular complexity index is 1000. The zero-order valence-corrected chi connectivity index (χ0v) is 17.0. The Labute approximate surface area is 180 Å². The topological polar surface area (TPSA) is 90.0 Å². The van der Waals surface area contributed by atoms with Gasteiger partial charge >= 0.3 is 18.6 Å². The smallest absolute Gasteiger partial charge is 0.471 e. The molecule has 32 heavy (non-hydrogen) atoms. The Hall–Kier alpha value is -2.81. The van der Waals surface area contributed by atoms with Crippen molar-refractivity contribution >= 4 is 33.6 Å². The van der Waals surface area contributed by atoms with E-state index >= 15 is 0 Å². The van der Waals surface area contributed by atoms with Crippen molar-refractivity contribution in [2.24, 2.45) is 0 Å². The Kier molecular flexibility index (Phi) is 6.69. The molecule has 0 atom stereocenters. The minimum Gasteiger partial charge on any atom is -0.471 e. The van der Waals surface area contributed by atoms with Crippen LogP contribution in [0.5, 0.6) is 5.88 Å². The van der Waals surface area contributed by atoms with Gasteiger partial charge in [-0.15, -0.1) is 24.5 Å². The normalized spacial score (nSPS) is 14.9. The lowest BCUT2D eigenvalue weighted by Gasteiger charge is -2.37. The summed E-state index contributed by atoms with van der Waals surface area (Å²) in [4.78, 5) is 28.8. The molecule has 0 aliphatic carbocycles. The summed E-state index contributed by atoms with van der Waals surface area (Å²) in [5.74, 6) is -0.994. The Balaban J connectivity index is 1.64. The van der Waals surface area contributed by atoms with Crippen LogP contribution in [0.2, 0.25) is 0 Å². The molecule has 0 aromatic carbocycles. The van der Waals surface area contributed by atoms with Crippen molar-refractivity contribution in [3.05, 3.63) is 22.6 Å². The SMILES string of the molecule is CNC(=O)c1csc2c(C(F)(F)F)cc(OC3CN(C(=O)OCCOC(F)(F)F)C3)nc12. The third kappa shape index (κ3) is 5.51. The van der Waals surface area contributed by atoms with Crippen molar-refractivity contribution in [2.45, 2.75) is 18.6 Å². The molecule has 0 bridgehead atoms. The number of nitrogens with one attached hydrogen (secondary N) is 1. The van der Waals surface area contributed by atoms with E-state index in [1.165, 1.54) is 12.4 Å². The number of rotatable bonds is 6. The largest absolute Gasteiger partial charge is 0.522 e. The summed E-state index contributed by atoms with van der Waals surface area (Å²) >= 11 is 0.725. The van der Waals surface area contributed by atoms with Crippen LogP contribution in [-0.2, 0) is 15.7 Å². The maximum absolute atomic E-state index is 13.5. The van der Waals surface area contributed by atoms with Gasteiger partial charge in [0.2, 0.25) is 5.88 Å². The number of carbonyl (C=O) groups is 2. The van der Waals surface area contributed by atoms with Gasteiger partial charge in [0.25, 0.3) is 5.91 Å². The highest BCUT2D eigenvalue weighted by Crippen LogP contribution is 2.40. The summed E-state index contributed by atoms with van der Waals surface area (Å²) in [6.45, 7) is -1.66. The molecule has 8 nitrogen and oxygen atoms in total. The van der Waals surface area contributed by atoms with Crippen molar-refractivity contribution in [3.63, 3.8) is 0 Å². The maximum atomic E-state index is 13.5. The zero-order chi connectivity index (χ0) is 23.7. The number of fused-ring (bicyclic) bond motifs is 1. The van der Waals surface area contributed by atoms with Gasteiger partial charge in [-0.3, -0.25) is 9.53 Å². The number of likely N-dealkylation sites (tertiary alicyclic amines) is 1. The number of ether oxygens (including phenoxy) is 3. The number of halogens is 6. The highest BCUT2D eigenvalue weighted by molar-refractivity contribution is 7.17. The van der Waals surface area contributed by atoms with Crippen molar-refractivity contribution in [2.75, 3.05) is 33.4 Å². The van der Waals surface area contributed by atoms with Crippen molar-refractivity contribution in [1.82, 2.24) is 15.2 Å². The van der Waals surface area contributed by atoms with E-state index in [9.17, 15) is 35.9 Å². The number of alkyl halides is 6. The molecule has 1 fully saturated rings. The number of hydrogen-bond acceptors (Lipinski definition) is 7. The fraction of sp³-hybridized carbons (Fsp3) is 0.471. The minimum absolute atomic E-state index is 0.0386. The van der Waals surface area contributed by atoms with Crippen LogP contribution in [0.4, 0.5) is 31.1 Å². The summed E-state index contributed by atoms with van der Waals surface area (Å²) in [5.41, 5.74) is -1.22. The molecular weight excluding hydrogens is 472 g/mol. The number of thiophene rings is 1. The van der Waals surface area contributed by atoms with Crippen molar-refractivity contribution in [1.29, 1.82) is 0 Å². The third-order valence-corrected chi connectivity index (χ3v) is 5.25. The minimum atomic E-state index is -4.84. The summed E-state index contributed by atoms with van der Waals surface area (Å²) in [6.07, 6.45) is -11.2. The zero-order valence-electron chi connectivity index (χ0n) is 16.2. The highest BCUT2D eigenvalue weighted by Gasteiger charge is 2.38. The van der Waals surface area contributed by atoms with E-state index in [4.69, 9.17) is 4.74 Å². The Morgan fingerprint density at radius 2 is 1.91 bits per heavy atom. The Morgan fingerprint density at radius 1 is 1.22 bits per heavy atom. The van der Waals surface area contributed by atoms with Crippen LogP contribution in [0, 0.1) is 0 Å². The van der Waals surface area contributed by atoms with Gasteiger partial charge in [0.05, 0.1) is 41.0 Å². The number of carbonyl (C=O) groups excluding carboxylic acids is 2. The molecule has 1 aliphatic heterocycles. The van der Waals surface area contributed by atoms with Gasteiger partial charge in [-0.1, -0.05) is 0 Å². The molecule has 1 N–H and O–H groups in total. The molecule has 2 amide bonds. The summed E-state index contributed by atoms with van der Waals surface area (Å²) < 4.78 is 89.3. The molecule has 0 radical (unpaired) electrons. The first-order chi connectivity index (χ1) is 14.9. The molecule has 176 valence electrons. The average molecular weight is 487 g/mol. The van der Waals surface area contributed by atoms with Gasteiger partial charge in [0.1, 0.15) is 12.7 Å². The molecule has 2 aromatic rings. The molecular formula is C17H15F6N3O5S. The van der Waals surface area contributed by atoms with E-state index in [1.54, 1.807) is 0 Å². The van der Waals surface area contributed by atoms with Gasteiger partial charge in [-0.2, -0.15) is 13.2 Å². The molecule has 1 saturated heterocycles. The van der Waals surface area contributed by atoms with Gasteiger partial charge in [0.15, 0.2) is 0 Å². The molecule has 2 aromatic heterocycles. The predicted molar refractivity (Wildman–Crippen MR) is 97.4 cm³/mol. The first kappa shape index (κ1) is 23.8. The molecule has 0 unspecified atom stereocenters. The van der Waals surface area contributed by atoms with E-state index < -0.39 is 49.4 Å². The predicted octanol–water partition coefficient (Wildman–Crippen LogP) is 3.41. The first-order valence-electron chi connectivity index (χ1n) is 8.89. The van der Waals surface area contributed by atoms with E-state index in [0.29, 0.717) is 6.07 Å². The summed E-state index contributed by atoms with van der Waals surface area (Å²) in [7, 11) is 1.33. The quantitative estimate of drug-likeness (QED) is 0.496. The molecule has 0 saturated carbocycles. The lowest BCUT2D eigenvalue weighted by Crippen LogP contribution is -2.56. The van der Waals surface area contributed by atoms with Crippen LogP contribution in [-0.4, -0.2) is 67.7 Å². The van der Waals surface area contributed by atoms with Gasteiger partial charge < -0.3 is 19.7 Å². The van der Waals surface area contributed by atoms with E-state index in [1.807, 2.05) is 0 Å². The number of nitrogens with zero attached hydrogens (tertiary/aromatic N) is 2. The maximum Gasteiger partial charge on any atom is 0.522 e. The fourth-order valence-electron chi connectivity index (χ4n) is 2.76. The number of amides is 2. The average Bonchev–Trinajstić information content (AvgIpc) is 3.08. The molecule has 15 heteroatoms. The second kappa shape index (κ2) is 8.97. The second-order valence-electron chi connectivity index (χ2n) is 6.47. The number of aromatic nitrogens is 1. The number of hydrogen-bond donors (Lipinski definition) is 1.